The molecule has 2 aromatic rings. The van der Waals surface area contributed by atoms with Crippen LogP contribution < -0.4 is 10.5 Å². The Bertz CT molecular complexity index is 578. The summed E-state index contributed by atoms with van der Waals surface area (Å²) < 4.78 is 5.60. The minimum atomic E-state index is 0.503. The zero-order valence-corrected chi connectivity index (χ0v) is 11.2. The number of nitrogens with two attached hydrogens (primary N) is 1. The standard InChI is InChI=1S/C15H14N2OS/c16-11-12-6-7-15(14(17)10-12)18-8-9-19-13-4-2-1-3-5-13/h1-7,10H,8-9,17H2. The summed E-state index contributed by atoms with van der Waals surface area (Å²) in [6.45, 7) is 0.579. The van der Waals surface area contributed by atoms with Gasteiger partial charge in [-0.05, 0) is 30.3 Å². The van der Waals surface area contributed by atoms with Gasteiger partial charge in [-0.1, -0.05) is 18.2 Å². The van der Waals surface area contributed by atoms with Gasteiger partial charge in [0.25, 0.3) is 0 Å². The molecule has 0 atom stereocenters. The highest BCUT2D eigenvalue weighted by atomic mass is 32.2. The van der Waals surface area contributed by atoms with Crippen LogP contribution in [0.4, 0.5) is 5.69 Å². The van der Waals surface area contributed by atoms with Crippen LogP contribution in [0.15, 0.2) is 53.4 Å². The average Bonchev–Trinajstić information content (AvgIpc) is 2.46. The molecule has 0 aliphatic rings. The number of nitrogen functional groups attached to an aromatic ring is 1. The van der Waals surface area contributed by atoms with Crippen LogP contribution in [-0.2, 0) is 0 Å². The maximum atomic E-state index is 8.74. The van der Waals surface area contributed by atoms with E-state index < -0.39 is 0 Å². The second-order valence-corrected chi connectivity index (χ2v) is 5.04. The van der Waals surface area contributed by atoms with Gasteiger partial charge in [0.1, 0.15) is 5.75 Å². The predicted molar refractivity (Wildman–Crippen MR) is 78.2 cm³/mol. The number of nitriles is 1. The molecule has 0 bridgehead atoms. The molecule has 0 amide bonds. The largest absolute Gasteiger partial charge is 0.491 e. The first-order valence-corrected chi connectivity index (χ1v) is 6.88. The Morgan fingerprint density at radius 3 is 2.63 bits per heavy atom. The lowest BCUT2D eigenvalue weighted by atomic mass is 10.2. The fourth-order valence-electron chi connectivity index (χ4n) is 1.58. The summed E-state index contributed by atoms with van der Waals surface area (Å²) in [6, 6.07) is 17.3. The molecule has 0 radical (unpaired) electrons. The van der Waals surface area contributed by atoms with Crippen LogP contribution in [0.25, 0.3) is 0 Å². The van der Waals surface area contributed by atoms with Gasteiger partial charge in [-0.25, -0.2) is 0 Å². The highest BCUT2D eigenvalue weighted by molar-refractivity contribution is 7.99. The lowest BCUT2D eigenvalue weighted by Crippen LogP contribution is -2.02. The van der Waals surface area contributed by atoms with Gasteiger partial charge >= 0.3 is 0 Å². The van der Waals surface area contributed by atoms with Gasteiger partial charge in [-0.2, -0.15) is 5.26 Å². The summed E-state index contributed by atoms with van der Waals surface area (Å²) >= 11 is 1.74. The lowest BCUT2D eigenvalue weighted by molar-refractivity contribution is 0.346. The van der Waals surface area contributed by atoms with E-state index in [1.165, 1.54) is 4.90 Å². The van der Waals surface area contributed by atoms with Crippen molar-refractivity contribution in [3.63, 3.8) is 0 Å². The minimum absolute atomic E-state index is 0.503. The monoisotopic (exact) mass is 270 g/mol. The maximum absolute atomic E-state index is 8.74. The third-order valence-corrected chi connectivity index (χ3v) is 3.47. The number of hydrogen-bond donors (Lipinski definition) is 1. The zero-order chi connectivity index (χ0) is 13.5. The van der Waals surface area contributed by atoms with Crippen LogP contribution in [0.2, 0.25) is 0 Å². The second kappa shape index (κ2) is 6.72. The van der Waals surface area contributed by atoms with Gasteiger partial charge in [0.15, 0.2) is 0 Å². The Morgan fingerprint density at radius 2 is 1.95 bits per heavy atom. The van der Waals surface area contributed by atoms with Crippen LogP contribution in [0.3, 0.4) is 0 Å². The molecule has 0 fully saturated rings. The minimum Gasteiger partial charge on any atom is -0.491 e. The number of ether oxygens (including phenoxy) is 1. The van der Waals surface area contributed by atoms with Crippen LogP contribution in [0, 0.1) is 11.3 Å². The van der Waals surface area contributed by atoms with Crippen molar-refractivity contribution in [3.05, 3.63) is 54.1 Å². The van der Waals surface area contributed by atoms with Crippen molar-refractivity contribution in [3.8, 4) is 11.8 Å². The highest BCUT2D eigenvalue weighted by Gasteiger charge is 2.02. The van der Waals surface area contributed by atoms with Gasteiger partial charge in [-0.15, -0.1) is 11.8 Å². The summed E-state index contributed by atoms with van der Waals surface area (Å²) in [5, 5.41) is 8.74. The fourth-order valence-corrected chi connectivity index (χ4v) is 2.33. The van der Waals surface area contributed by atoms with Gasteiger partial charge in [-0.3, -0.25) is 0 Å². The number of thioether (sulfide) groups is 1. The number of hydrogen-bond acceptors (Lipinski definition) is 4. The number of rotatable bonds is 5. The Labute approximate surface area is 117 Å². The number of benzene rings is 2. The SMILES string of the molecule is N#Cc1ccc(OCCSc2ccccc2)c(N)c1. The van der Waals surface area contributed by atoms with E-state index in [-0.39, 0.29) is 0 Å². The molecule has 0 saturated heterocycles. The van der Waals surface area contributed by atoms with E-state index >= 15 is 0 Å². The van der Waals surface area contributed by atoms with Gasteiger partial charge in [0, 0.05) is 10.6 Å². The van der Waals surface area contributed by atoms with Crippen molar-refractivity contribution in [2.24, 2.45) is 0 Å². The maximum Gasteiger partial charge on any atom is 0.142 e. The quantitative estimate of drug-likeness (QED) is 0.514. The fraction of sp³-hybridized carbons (Fsp3) is 0.133. The Morgan fingerprint density at radius 1 is 1.16 bits per heavy atom. The molecule has 0 aliphatic carbocycles. The average molecular weight is 270 g/mol. The Hall–Kier alpha value is -2.12. The van der Waals surface area contributed by atoms with Gasteiger partial charge < -0.3 is 10.5 Å². The molecular formula is C15H14N2OS. The van der Waals surface area contributed by atoms with Crippen molar-refractivity contribution in [1.29, 1.82) is 5.26 Å². The van der Waals surface area contributed by atoms with E-state index in [0.29, 0.717) is 23.6 Å². The van der Waals surface area contributed by atoms with Gasteiger partial charge in [0.05, 0.1) is 23.9 Å². The smallest absolute Gasteiger partial charge is 0.142 e. The first-order chi connectivity index (χ1) is 9.29. The van der Waals surface area contributed by atoms with Crippen molar-refractivity contribution in [2.45, 2.75) is 4.90 Å². The summed E-state index contributed by atoms with van der Waals surface area (Å²) in [5.74, 6) is 1.48. The van der Waals surface area contributed by atoms with Gasteiger partial charge in [0.2, 0.25) is 0 Å². The molecule has 2 rings (SSSR count). The molecule has 3 nitrogen and oxygen atoms in total. The van der Waals surface area contributed by atoms with E-state index in [0.717, 1.165) is 5.75 Å². The van der Waals surface area contributed by atoms with Crippen molar-refractivity contribution < 1.29 is 4.74 Å². The van der Waals surface area contributed by atoms with E-state index in [1.807, 2.05) is 24.3 Å². The molecule has 0 saturated carbocycles. The molecule has 0 aromatic heterocycles. The molecule has 0 spiro atoms. The summed E-state index contributed by atoms with van der Waals surface area (Å²) in [4.78, 5) is 1.22. The molecule has 2 N–H and O–H groups in total. The topological polar surface area (TPSA) is 59.0 Å². The number of nitrogens with zero attached hydrogens (tertiary/aromatic N) is 1. The summed E-state index contributed by atoms with van der Waals surface area (Å²) in [5.41, 5.74) is 6.86. The lowest BCUT2D eigenvalue weighted by Gasteiger charge is -2.08. The second-order valence-electron chi connectivity index (χ2n) is 3.87. The molecule has 19 heavy (non-hydrogen) atoms. The van der Waals surface area contributed by atoms with E-state index in [9.17, 15) is 0 Å². The highest BCUT2D eigenvalue weighted by Crippen LogP contribution is 2.23. The Balaban J connectivity index is 1.82. The molecule has 96 valence electrons. The van der Waals surface area contributed by atoms with Crippen LogP contribution in [0.5, 0.6) is 5.75 Å². The van der Waals surface area contributed by atoms with E-state index in [2.05, 4.69) is 12.1 Å². The molecule has 0 unspecified atom stereocenters. The molecular weight excluding hydrogens is 256 g/mol. The Kier molecular flexibility index (Phi) is 4.71. The van der Waals surface area contributed by atoms with Crippen molar-refractivity contribution in [1.82, 2.24) is 0 Å². The third kappa shape index (κ3) is 3.94. The molecule has 2 aromatic carbocycles. The molecule has 0 heterocycles. The zero-order valence-electron chi connectivity index (χ0n) is 10.4. The molecule has 0 aliphatic heterocycles. The summed E-state index contributed by atoms with van der Waals surface area (Å²) in [6.07, 6.45) is 0. The number of anilines is 1. The van der Waals surface area contributed by atoms with Crippen LogP contribution in [0.1, 0.15) is 5.56 Å². The molecule has 4 heteroatoms. The van der Waals surface area contributed by atoms with E-state index in [4.69, 9.17) is 15.7 Å². The van der Waals surface area contributed by atoms with E-state index in [1.54, 1.807) is 30.0 Å². The van der Waals surface area contributed by atoms with Crippen molar-refractivity contribution >= 4 is 17.4 Å². The normalized spacial score (nSPS) is 9.84. The first-order valence-electron chi connectivity index (χ1n) is 5.90. The van der Waals surface area contributed by atoms with Crippen LogP contribution >= 0.6 is 11.8 Å². The predicted octanol–water partition coefficient (Wildman–Crippen LogP) is 3.31. The van der Waals surface area contributed by atoms with Crippen molar-refractivity contribution in [2.75, 3.05) is 18.1 Å². The third-order valence-electron chi connectivity index (χ3n) is 2.49. The summed E-state index contributed by atoms with van der Waals surface area (Å²) in [7, 11) is 0. The van der Waals surface area contributed by atoms with Crippen LogP contribution in [-0.4, -0.2) is 12.4 Å². The first kappa shape index (κ1) is 13.3.